The van der Waals surface area contributed by atoms with Crippen LogP contribution in [0.2, 0.25) is 0 Å². The average Bonchev–Trinajstić information content (AvgIpc) is 4.11. The summed E-state index contributed by atoms with van der Waals surface area (Å²) in [6.45, 7) is 0. The van der Waals surface area contributed by atoms with Gasteiger partial charge in [-0.25, -0.2) is 4.98 Å². The zero-order valence-corrected chi connectivity index (χ0v) is 33.5. The summed E-state index contributed by atoms with van der Waals surface area (Å²) in [4.78, 5) is 15.9. The van der Waals surface area contributed by atoms with Crippen LogP contribution >= 0.6 is 0 Å². The highest BCUT2D eigenvalue weighted by atomic mass is 15.3. The molecule has 0 fully saturated rings. The highest BCUT2D eigenvalue weighted by Gasteiger charge is 2.25. The summed E-state index contributed by atoms with van der Waals surface area (Å²) < 4.78 is 11.4. The lowest BCUT2D eigenvalue weighted by molar-refractivity contribution is 0.869. The van der Waals surface area contributed by atoms with E-state index in [1.807, 2.05) is 6.20 Å². The zero-order chi connectivity index (χ0) is 40.6. The minimum Gasteiger partial charge on any atom is -0.310 e. The van der Waals surface area contributed by atoms with Crippen LogP contribution in [0.15, 0.2) is 188 Å². The fourth-order valence-electron chi connectivity index (χ4n) is 10.3. The number of rotatable bonds is 4. The second-order valence-electron chi connectivity index (χ2n) is 16.2. The normalized spacial score (nSPS) is 12.3. The molecule has 8 aromatic carbocycles. The van der Waals surface area contributed by atoms with E-state index in [-0.39, 0.29) is 0 Å². The van der Waals surface area contributed by atoms with E-state index in [1.54, 1.807) is 0 Å². The smallest absolute Gasteiger partial charge is 0.236 e. The fraction of sp³-hybridized carbons (Fsp3) is 0.0185. The first kappa shape index (κ1) is 33.4. The molecule has 0 amide bonds. The minimum atomic E-state index is 0.579. The van der Waals surface area contributed by atoms with Crippen molar-refractivity contribution in [1.82, 2.24) is 37.8 Å². The van der Waals surface area contributed by atoms with E-state index in [4.69, 9.17) is 15.0 Å². The molecular formula is C54H34N8. The molecule has 0 radical (unpaired) electrons. The van der Waals surface area contributed by atoms with Gasteiger partial charge in [0.25, 0.3) is 0 Å². The number of hydrogen-bond acceptors (Lipinski definition) is 3. The van der Waals surface area contributed by atoms with Gasteiger partial charge in [0, 0.05) is 61.5 Å². The van der Waals surface area contributed by atoms with Crippen LogP contribution < -0.4 is 0 Å². The van der Waals surface area contributed by atoms with E-state index < -0.39 is 0 Å². The van der Waals surface area contributed by atoms with Crippen molar-refractivity contribution in [2.75, 3.05) is 0 Å². The van der Waals surface area contributed by atoms with Crippen molar-refractivity contribution < 1.29 is 0 Å². The fourth-order valence-corrected chi connectivity index (χ4v) is 10.3. The van der Waals surface area contributed by atoms with E-state index in [2.05, 4.69) is 212 Å². The largest absolute Gasteiger partial charge is 0.310 e. The van der Waals surface area contributed by atoms with Gasteiger partial charge in [-0.15, -0.1) is 0 Å². The number of fused-ring (bicyclic) bond motifs is 14. The first-order chi connectivity index (χ1) is 30.7. The predicted molar refractivity (Wildman–Crippen MR) is 254 cm³/mol. The number of imidazole rings is 1. The Hall–Kier alpha value is -8.49. The lowest BCUT2D eigenvalue weighted by Crippen LogP contribution is -2.03. The molecule has 14 rings (SSSR count). The molecular weight excluding hydrogens is 761 g/mol. The highest BCUT2D eigenvalue weighted by molar-refractivity contribution is 6.26. The summed E-state index contributed by atoms with van der Waals surface area (Å²) in [6, 6.07) is 65.0. The number of aryl methyl sites for hydroxylation is 1. The van der Waals surface area contributed by atoms with E-state index in [1.165, 1.54) is 37.8 Å². The Morgan fingerprint density at radius 2 is 0.839 bits per heavy atom. The SMILES string of the molecule is Cn1c(-n2c3ccccc3c3ccc4c(c5ccccc5n4-c4ccccc4)c32)nc2nc(-n3c4ccccc4c4cc5c(cc43)c3ccccc3n5-c3ccccc3)ncc21. The Labute approximate surface area is 353 Å². The van der Waals surface area contributed by atoms with E-state index in [9.17, 15) is 0 Å². The van der Waals surface area contributed by atoms with Crippen LogP contribution in [0.3, 0.4) is 0 Å². The summed E-state index contributed by atoms with van der Waals surface area (Å²) in [6.07, 6.45) is 1.93. The summed E-state index contributed by atoms with van der Waals surface area (Å²) in [5, 5.41) is 9.37. The maximum absolute atomic E-state index is 5.42. The van der Waals surface area contributed by atoms with Crippen LogP contribution in [0, 0.1) is 0 Å². The van der Waals surface area contributed by atoms with Crippen LogP contribution in [0.5, 0.6) is 0 Å². The van der Waals surface area contributed by atoms with Gasteiger partial charge in [-0.3, -0.25) is 9.13 Å². The molecule has 0 N–H and O–H groups in total. The van der Waals surface area contributed by atoms with Gasteiger partial charge in [0.1, 0.15) is 5.52 Å². The van der Waals surface area contributed by atoms with E-state index in [0.29, 0.717) is 11.6 Å². The minimum absolute atomic E-state index is 0.579. The van der Waals surface area contributed by atoms with Crippen molar-refractivity contribution in [2.24, 2.45) is 7.05 Å². The molecule has 0 aliphatic heterocycles. The first-order valence-corrected chi connectivity index (χ1v) is 20.9. The van der Waals surface area contributed by atoms with Gasteiger partial charge in [0.2, 0.25) is 11.9 Å². The number of para-hydroxylation sites is 6. The zero-order valence-electron chi connectivity index (χ0n) is 33.5. The summed E-state index contributed by atoms with van der Waals surface area (Å²) in [5.74, 6) is 1.36. The Morgan fingerprint density at radius 3 is 1.47 bits per heavy atom. The molecule has 0 spiro atoms. The Balaban J connectivity index is 1.03. The second-order valence-corrected chi connectivity index (χ2v) is 16.2. The molecule has 8 nitrogen and oxygen atoms in total. The lowest BCUT2D eigenvalue weighted by atomic mass is 10.1. The Kier molecular flexibility index (Phi) is 6.61. The van der Waals surface area contributed by atoms with Crippen molar-refractivity contribution >= 4 is 98.4 Å². The lowest BCUT2D eigenvalue weighted by Gasteiger charge is -2.09. The number of benzene rings is 8. The molecule has 62 heavy (non-hydrogen) atoms. The third-order valence-electron chi connectivity index (χ3n) is 13.0. The molecule has 290 valence electrons. The molecule has 0 saturated heterocycles. The van der Waals surface area contributed by atoms with Gasteiger partial charge in [-0.1, -0.05) is 115 Å². The van der Waals surface area contributed by atoms with Gasteiger partial charge < -0.3 is 13.7 Å². The Bertz CT molecular complexity index is 4160. The molecule has 0 aliphatic rings. The van der Waals surface area contributed by atoms with Crippen LogP contribution in [0.25, 0.3) is 122 Å². The molecule has 6 heterocycles. The molecule has 0 unspecified atom stereocenters. The summed E-state index contributed by atoms with van der Waals surface area (Å²) >= 11 is 0. The van der Waals surface area contributed by atoms with Crippen molar-refractivity contribution in [1.29, 1.82) is 0 Å². The topological polar surface area (TPSA) is 63.3 Å². The molecule has 0 bridgehead atoms. The highest BCUT2D eigenvalue weighted by Crippen LogP contribution is 2.43. The quantitative estimate of drug-likeness (QED) is 0.178. The van der Waals surface area contributed by atoms with Crippen molar-refractivity contribution in [2.45, 2.75) is 0 Å². The Morgan fingerprint density at radius 1 is 0.355 bits per heavy atom. The van der Waals surface area contributed by atoms with Gasteiger partial charge in [-0.2, -0.15) is 9.97 Å². The van der Waals surface area contributed by atoms with Gasteiger partial charge in [0.15, 0.2) is 5.65 Å². The third kappa shape index (κ3) is 4.37. The first-order valence-electron chi connectivity index (χ1n) is 20.9. The van der Waals surface area contributed by atoms with Crippen LogP contribution in [-0.4, -0.2) is 37.8 Å². The van der Waals surface area contributed by atoms with Gasteiger partial charge >= 0.3 is 0 Å². The van der Waals surface area contributed by atoms with Gasteiger partial charge in [-0.05, 0) is 66.7 Å². The van der Waals surface area contributed by atoms with E-state index in [0.717, 1.165) is 72.2 Å². The third-order valence-corrected chi connectivity index (χ3v) is 13.0. The molecule has 6 aromatic heterocycles. The van der Waals surface area contributed by atoms with Crippen LogP contribution in [0.1, 0.15) is 0 Å². The monoisotopic (exact) mass is 794 g/mol. The van der Waals surface area contributed by atoms with Crippen molar-refractivity contribution in [3.05, 3.63) is 188 Å². The van der Waals surface area contributed by atoms with Crippen LogP contribution in [-0.2, 0) is 7.05 Å². The number of hydrogen-bond donors (Lipinski definition) is 0. The summed E-state index contributed by atoms with van der Waals surface area (Å²) in [5.41, 5.74) is 12.6. The second kappa shape index (κ2) is 12.3. The molecule has 0 atom stereocenters. The average molecular weight is 795 g/mol. The molecule has 0 saturated carbocycles. The number of aromatic nitrogens is 8. The predicted octanol–water partition coefficient (Wildman–Crippen LogP) is 12.8. The maximum atomic E-state index is 5.42. The molecule has 0 aliphatic carbocycles. The molecule has 8 heteroatoms. The molecule has 14 aromatic rings. The number of nitrogens with zero attached hydrogens (tertiary/aromatic N) is 8. The van der Waals surface area contributed by atoms with Gasteiger partial charge in [0.05, 0.1) is 50.3 Å². The maximum Gasteiger partial charge on any atom is 0.236 e. The van der Waals surface area contributed by atoms with E-state index >= 15 is 0 Å². The summed E-state index contributed by atoms with van der Waals surface area (Å²) in [7, 11) is 2.07. The standard InChI is InChI=1S/C54H34N8/c1-58-49-32-55-53(61-43-25-13-10-22-37(43)41-30-47-40(31-48(41)61)36-21-9-12-24-42(36)60(47)34-18-6-3-7-19-34)56-52(49)57-54(58)62-44-26-14-8-20-35(44)38-28-29-46-50(51(38)62)39-23-11-15-27-45(39)59(46)33-16-4-2-5-17-33/h2-32H,1H3. The van der Waals surface area contributed by atoms with Crippen molar-refractivity contribution in [3.8, 4) is 23.3 Å². The van der Waals surface area contributed by atoms with Crippen LogP contribution in [0.4, 0.5) is 0 Å². The van der Waals surface area contributed by atoms with Crippen molar-refractivity contribution in [3.63, 3.8) is 0 Å².